The molecule has 1 aromatic heterocycles. The molecule has 0 atom stereocenters. The van der Waals surface area contributed by atoms with Crippen molar-refractivity contribution in [2.45, 2.75) is 39.0 Å². The Morgan fingerprint density at radius 2 is 2.13 bits per heavy atom. The lowest BCUT2D eigenvalue weighted by molar-refractivity contribution is 0.851. The normalized spacial score (nSPS) is 13.7. The molecule has 0 aromatic carbocycles. The number of hydrogen-bond acceptors (Lipinski definition) is 2. The summed E-state index contributed by atoms with van der Waals surface area (Å²) >= 11 is 6.02. The molecule has 1 aromatic rings. The van der Waals surface area contributed by atoms with Gasteiger partial charge in [-0.15, -0.1) is 0 Å². The number of fused-ring (bicyclic) bond motifs is 1. The third-order valence-corrected chi connectivity index (χ3v) is 3.18. The van der Waals surface area contributed by atoms with Crippen LogP contribution in [0.15, 0.2) is 0 Å². The number of hydrogen-bond donors (Lipinski definition) is 0. The number of rotatable bonds is 2. The third-order valence-electron chi connectivity index (χ3n) is 2.91. The molecule has 2 nitrogen and oxygen atoms in total. The smallest absolute Gasteiger partial charge is 0.147 e. The molecule has 0 bridgehead atoms. The van der Waals surface area contributed by atoms with Crippen LogP contribution < -0.4 is 0 Å². The van der Waals surface area contributed by atoms with Gasteiger partial charge in [-0.25, -0.2) is 4.98 Å². The van der Waals surface area contributed by atoms with Gasteiger partial charge in [-0.3, -0.25) is 0 Å². The van der Waals surface area contributed by atoms with E-state index in [2.05, 4.69) is 18.0 Å². The molecule has 1 heterocycles. The Kier molecular flexibility index (Phi) is 2.93. The van der Waals surface area contributed by atoms with E-state index in [1.807, 2.05) is 0 Å². The van der Waals surface area contributed by atoms with Crippen LogP contribution in [0.25, 0.3) is 0 Å². The average Bonchev–Trinajstić information content (AvgIpc) is 2.67. The predicted molar refractivity (Wildman–Crippen MR) is 60.0 cm³/mol. The van der Waals surface area contributed by atoms with Crippen molar-refractivity contribution in [3.63, 3.8) is 0 Å². The Labute approximate surface area is 94.9 Å². The minimum atomic E-state index is 0.390. The quantitative estimate of drug-likeness (QED) is 0.719. The summed E-state index contributed by atoms with van der Waals surface area (Å²) < 4.78 is 0. The molecule has 0 radical (unpaired) electrons. The summed E-state index contributed by atoms with van der Waals surface area (Å²) in [4.78, 5) is 4.35. The fraction of sp³-hybridized carbons (Fsp3) is 0.500. The standard InChI is InChI=1S/C12H13ClN2/c1-2-4-11-9-6-3-5-8(9)10(7-14)12(13)15-11/h2-6H2,1H3. The maximum Gasteiger partial charge on any atom is 0.147 e. The van der Waals surface area contributed by atoms with Crippen molar-refractivity contribution in [2.24, 2.45) is 0 Å². The van der Waals surface area contributed by atoms with E-state index in [0.717, 1.165) is 43.4 Å². The lowest BCUT2D eigenvalue weighted by Crippen LogP contribution is -2.01. The molecule has 2 rings (SSSR count). The minimum Gasteiger partial charge on any atom is -0.239 e. The molecule has 1 aliphatic carbocycles. The summed E-state index contributed by atoms with van der Waals surface area (Å²) in [6, 6.07) is 2.17. The second kappa shape index (κ2) is 4.20. The molecular formula is C12H13ClN2. The van der Waals surface area contributed by atoms with Gasteiger partial charge >= 0.3 is 0 Å². The topological polar surface area (TPSA) is 36.7 Å². The number of halogens is 1. The predicted octanol–water partition coefficient (Wildman–Crippen LogP) is 3.05. The van der Waals surface area contributed by atoms with Gasteiger partial charge in [-0.1, -0.05) is 24.9 Å². The van der Waals surface area contributed by atoms with Gasteiger partial charge in [0.25, 0.3) is 0 Å². The van der Waals surface area contributed by atoms with Crippen LogP contribution in [0.1, 0.15) is 42.1 Å². The van der Waals surface area contributed by atoms with Gasteiger partial charge in [0.2, 0.25) is 0 Å². The fourth-order valence-electron chi connectivity index (χ4n) is 2.26. The van der Waals surface area contributed by atoms with E-state index in [1.54, 1.807) is 0 Å². The molecular weight excluding hydrogens is 208 g/mol. The van der Waals surface area contributed by atoms with Crippen molar-refractivity contribution in [3.8, 4) is 6.07 Å². The molecule has 0 spiro atoms. The van der Waals surface area contributed by atoms with Gasteiger partial charge in [0, 0.05) is 5.69 Å². The van der Waals surface area contributed by atoms with Crippen LogP contribution in [0.3, 0.4) is 0 Å². The summed E-state index contributed by atoms with van der Waals surface area (Å²) in [6.07, 6.45) is 5.21. The highest BCUT2D eigenvalue weighted by Gasteiger charge is 2.21. The SMILES string of the molecule is CCCc1nc(Cl)c(C#N)c2c1CCC2. The molecule has 0 aliphatic heterocycles. The zero-order valence-electron chi connectivity index (χ0n) is 8.81. The molecule has 0 saturated carbocycles. The molecule has 3 heteroatoms. The van der Waals surface area contributed by atoms with E-state index >= 15 is 0 Å². The third kappa shape index (κ3) is 1.72. The van der Waals surface area contributed by atoms with Gasteiger partial charge in [0.05, 0.1) is 5.56 Å². The van der Waals surface area contributed by atoms with Crippen LogP contribution in [-0.2, 0) is 19.3 Å². The molecule has 1 aliphatic rings. The van der Waals surface area contributed by atoms with E-state index in [4.69, 9.17) is 16.9 Å². The van der Waals surface area contributed by atoms with Crippen molar-refractivity contribution < 1.29 is 0 Å². The van der Waals surface area contributed by atoms with Crippen LogP contribution in [0.4, 0.5) is 0 Å². The molecule has 0 unspecified atom stereocenters. The first-order valence-corrected chi connectivity index (χ1v) is 5.76. The highest BCUT2D eigenvalue weighted by molar-refractivity contribution is 6.30. The summed E-state index contributed by atoms with van der Waals surface area (Å²) in [5.74, 6) is 0. The average molecular weight is 221 g/mol. The lowest BCUT2D eigenvalue weighted by atomic mass is 10.0. The number of nitrogens with zero attached hydrogens (tertiary/aromatic N) is 2. The van der Waals surface area contributed by atoms with Crippen LogP contribution in [-0.4, -0.2) is 4.98 Å². The summed E-state index contributed by atoms with van der Waals surface area (Å²) in [6.45, 7) is 2.13. The van der Waals surface area contributed by atoms with Gasteiger partial charge in [0.15, 0.2) is 0 Å². The first kappa shape index (κ1) is 10.4. The molecule has 0 N–H and O–H groups in total. The fourth-order valence-corrected chi connectivity index (χ4v) is 2.52. The van der Waals surface area contributed by atoms with Crippen LogP contribution in [0.2, 0.25) is 5.15 Å². The maximum absolute atomic E-state index is 9.03. The molecule has 78 valence electrons. The lowest BCUT2D eigenvalue weighted by Gasteiger charge is -2.09. The summed E-state index contributed by atoms with van der Waals surface area (Å²) in [5, 5.41) is 9.42. The molecule has 0 amide bonds. The Balaban J connectivity index is 2.58. The summed E-state index contributed by atoms with van der Waals surface area (Å²) in [7, 11) is 0. The van der Waals surface area contributed by atoms with Crippen molar-refractivity contribution >= 4 is 11.6 Å². The maximum atomic E-state index is 9.03. The van der Waals surface area contributed by atoms with Crippen molar-refractivity contribution in [1.29, 1.82) is 5.26 Å². The van der Waals surface area contributed by atoms with Crippen molar-refractivity contribution in [3.05, 3.63) is 27.5 Å². The molecule has 0 saturated heterocycles. The highest BCUT2D eigenvalue weighted by Crippen LogP contribution is 2.31. The van der Waals surface area contributed by atoms with E-state index in [0.29, 0.717) is 10.7 Å². The second-order valence-corrected chi connectivity index (χ2v) is 4.25. The first-order valence-electron chi connectivity index (χ1n) is 5.38. The zero-order valence-corrected chi connectivity index (χ0v) is 9.56. The number of pyridine rings is 1. The Morgan fingerprint density at radius 1 is 1.40 bits per heavy atom. The van der Waals surface area contributed by atoms with Gasteiger partial charge in [-0.05, 0) is 36.8 Å². The monoisotopic (exact) mass is 220 g/mol. The number of nitriles is 1. The van der Waals surface area contributed by atoms with E-state index in [9.17, 15) is 0 Å². The van der Waals surface area contributed by atoms with E-state index in [1.165, 1.54) is 5.56 Å². The van der Waals surface area contributed by atoms with Crippen LogP contribution in [0.5, 0.6) is 0 Å². The Hall–Kier alpha value is -1.07. The van der Waals surface area contributed by atoms with Crippen LogP contribution in [0, 0.1) is 11.3 Å². The largest absolute Gasteiger partial charge is 0.239 e. The number of aryl methyl sites for hydroxylation is 1. The van der Waals surface area contributed by atoms with Gasteiger partial charge in [0.1, 0.15) is 11.2 Å². The highest BCUT2D eigenvalue weighted by atomic mass is 35.5. The van der Waals surface area contributed by atoms with E-state index in [-0.39, 0.29) is 0 Å². The van der Waals surface area contributed by atoms with Crippen molar-refractivity contribution in [2.75, 3.05) is 0 Å². The van der Waals surface area contributed by atoms with Crippen LogP contribution >= 0.6 is 11.6 Å². The second-order valence-electron chi connectivity index (χ2n) is 3.90. The zero-order chi connectivity index (χ0) is 10.8. The van der Waals surface area contributed by atoms with Crippen molar-refractivity contribution in [1.82, 2.24) is 4.98 Å². The first-order chi connectivity index (χ1) is 7.27. The molecule has 0 fully saturated rings. The Morgan fingerprint density at radius 3 is 2.80 bits per heavy atom. The summed E-state index contributed by atoms with van der Waals surface area (Å²) in [5.41, 5.74) is 4.15. The van der Waals surface area contributed by atoms with E-state index < -0.39 is 0 Å². The molecule has 15 heavy (non-hydrogen) atoms. The van der Waals surface area contributed by atoms with Gasteiger partial charge < -0.3 is 0 Å². The Bertz CT molecular complexity index is 432. The minimum absolute atomic E-state index is 0.390. The number of aromatic nitrogens is 1. The van der Waals surface area contributed by atoms with Gasteiger partial charge in [-0.2, -0.15) is 5.26 Å².